The van der Waals surface area contributed by atoms with Crippen LogP contribution < -0.4 is 10.2 Å². The third-order valence-corrected chi connectivity index (χ3v) is 17.0. The lowest BCUT2D eigenvalue weighted by atomic mass is 9.81. The molecule has 0 aliphatic carbocycles. The van der Waals surface area contributed by atoms with Crippen LogP contribution in [0.4, 0.5) is 11.4 Å². The van der Waals surface area contributed by atoms with Gasteiger partial charge in [0.05, 0.1) is 33.3 Å². The van der Waals surface area contributed by atoms with Gasteiger partial charge in [-0.05, 0) is 87.9 Å². The molecular formula is C48H64N5O16S4+. The number of fused-ring (bicyclic) bond motifs is 2. The SMILES string of the molecule is CN(CC(=O)NCCCCCC(=O)ON1C(=O)CCC1=O)S(=O)(=O)c1ccc2c(c1)C(C)(C)C(/C=C/C=C/C=C/C=C1/N(CCCCS(=O)(=O)O)c3ccc(S(=O)(=O)O)cc3C1(C)C)=[N+]2CCCCS(=O)(=O)O. The first kappa shape index (κ1) is 58.5. The lowest BCUT2D eigenvalue weighted by molar-refractivity contribution is -0.438. The van der Waals surface area contributed by atoms with Crippen LogP contribution in [-0.2, 0) is 75.2 Å². The molecule has 0 spiro atoms. The molecule has 2 aromatic carbocycles. The molecule has 0 radical (unpaired) electrons. The molecule has 1 saturated heterocycles. The molecule has 25 heteroatoms. The summed E-state index contributed by atoms with van der Waals surface area (Å²) in [4.78, 5) is 54.6. The van der Waals surface area contributed by atoms with Gasteiger partial charge in [0.25, 0.3) is 42.2 Å². The molecule has 0 unspecified atom stereocenters. The van der Waals surface area contributed by atoms with E-state index < -0.39 is 92.9 Å². The highest BCUT2D eigenvalue weighted by molar-refractivity contribution is 7.89. The van der Waals surface area contributed by atoms with E-state index in [0.717, 1.165) is 15.7 Å². The average Bonchev–Trinajstić information content (AvgIpc) is 3.80. The topological polar surface area (TPSA) is 300 Å². The molecule has 1 fully saturated rings. The van der Waals surface area contributed by atoms with E-state index in [2.05, 4.69) is 5.32 Å². The third-order valence-electron chi connectivity index (χ3n) is 12.7. The molecule has 2 aromatic rings. The zero-order valence-electron chi connectivity index (χ0n) is 41.4. The first-order chi connectivity index (χ1) is 33.9. The number of anilines is 1. The minimum absolute atomic E-state index is 0.00917. The van der Waals surface area contributed by atoms with Crippen molar-refractivity contribution < 1.29 is 75.9 Å². The second kappa shape index (κ2) is 23.9. The second-order valence-corrected chi connectivity index (χ2v) is 25.5. The van der Waals surface area contributed by atoms with E-state index >= 15 is 0 Å². The summed E-state index contributed by atoms with van der Waals surface area (Å²) in [5.41, 5.74) is 2.67. The summed E-state index contributed by atoms with van der Waals surface area (Å²) in [5.74, 6) is -3.26. The highest BCUT2D eigenvalue weighted by atomic mass is 32.2. The summed E-state index contributed by atoms with van der Waals surface area (Å²) in [5, 5.41) is 3.17. The van der Waals surface area contributed by atoms with Crippen LogP contribution in [0, 0.1) is 0 Å². The van der Waals surface area contributed by atoms with Crippen LogP contribution in [0.15, 0.2) is 94.4 Å². The maximum atomic E-state index is 13.9. The zero-order chi connectivity index (χ0) is 54.2. The fourth-order valence-electron chi connectivity index (χ4n) is 8.83. The molecule has 0 aromatic heterocycles. The lowest BCUT2D eigenvalue weighted by Gasteiger charge is -2.27. The number of nitrogens with one attached hydrogen (secondary N) is 1. The summed E-state index contributed by atoms with van der Waals surface area (Å²) in [6, 6.07) is 8.95. The van der Waals surface area contributed by atoms with Crippen LogP contribution in [0.1, 0.15) is 103 Å². The smallest absolute Gasteiger partial charge is 0.333 e. The van der Waals surface area contributed by atoms with Gasteiger partial charge in [-0.25, -0.2) is 13.2 Å². The number of hydroxylamine groups is 2. The summed E-state index contributed by atoms with van der Waals surface area (Å²) < 4.78 is 129. The monoisotopic (exact) mass is 1090 g/mol. The van der Waals surface area contributed by atoms with Gasteiger partial charge in [0.2, 0.25) is 21.6 Å². The minimum Gasteiger partial charge on any atom is -0.355 e. The van der Waals surface area contributed by atoms with Gasteiger partial charge >= 0.3 is 5.97 Å². The quantitative estimate of drug-likeness (QED) is 0.0320. The van der Waals surface area contributed by atoms with Crippen molar-refractivity contribution in [1.82, 2.24) is 14.7 Å². The number of likely N-dealkylation sites (N-methyl/N-ethyl adjacent to an activating group) is 1. The molecule has 0 bridgehead atoms. The normalized spacial score (nSPS) is 17.6. The molecule has 3 heterocycles. The van der Waals surface area contributed by atoms with Crippen molar-refractivity contribution in [3.05, 3.63) is 95.8 Å². The Morgan fingerprint density at radius 2 is 1.34 bits per heavy atom. The largest absolute Gasteiger partial charge is 0.355 e. The van der Waals surface area contributed by atoms with Crippen LogP contribution in [0.3, 0.4) is 0 Å². The number of hydrogen-bond donors (Lipinski definition) is 4. The summed E-state index contributed by atoms with van der Waals surface area (Å²) in [6.45, 7) is 8.03. The maximum Gasteiger partial charge on any atom is 0.333 e. The van der Waals surface area contributed by atoms with Gasteiger partial charge in [-0.2, -0.15) is 34.1 Å². The Hall–Kier alpha value is -5.41. The standard InChI is InChI=1S/C48H63N5O16S4/c1-47(2)37-32-35(72(64,65)50(5)34-43(54)49-27-13-9-12-20-46(57)69-53-44(55)25-26-45(53)56)21-23-39(37)51(28-14-16-30-70(58,59)60)41(47)18-10-7-6-8-11-19-42-48(3,4)38-33-36(73(66,67)68)22-24-40(38)52(42)29-15-17-31-71(61,62)63/h6-8,10-11,18-19,21-24,32-33H,9,12-17,20,25-31,34H2,1-5H3,(H3-,49,54,58,59,60,61,62,63,66,67,68)/p+1. The minimum atomic E-state index is -4.50. The van der Waals surface area contributed by atoms with E-state index in [1.807, 2.05) is 49.3 Å². The lowest BCUT2D eigenvalue weighted by Crippen LogP contribution is -2.38. The van der Waals surface area contributed by atoms with Gasteiger partial charge in [-0.3, -0.25) is 28.0 Å². The first-order valence-corrected chi connectivity index (χ1v) is 29.7. The molecule has 5 rings (SSSR count). The van der Waals surface area contributed by atoms with Crippen molar-refractivity contribution in [3.63, 3.8) is 0 Å². The molecular weight excluding hydrogens is 1030 g/mol. The number of nitrogens with zero attached hydrogens (tertiary/aromatic N) is 4. The Morgan fingerprint density at radius 1 is 0.740 bits per heavy atom. The van der Waals surface area contributed by atoms with Crippen molar-refractivity contribution in [2.24, 2.45) is 0 Å². The molecule has 3 amide bonds. The third kappa shape index (κ3) is 15.3. The fourth-order valence-corrected chi connectivity index (χ4v) is 11.6. The number of hydrogen-bond acceptors (Lipinski definition) is 14. The van der Waals surface area contributed by atoms with E-state index in [4.69, 9.17) is 4.84 Å². The van der Waals surface area contributed by atoms with Crippen molar-refractivity contribution in [1.29, 1.82) is 0 Å². The molecule has 3 aliphatic rings. The number of carbonyl (C=O) groups is 4. The van der Waals surface area contributed by atoms with Crippen molar-refractivity contribution in [2.75, 3.05) is 49.6 Å². The summed E-state index contributed by atoms with van der Waals surface area (Å²) in [7, 11) is -15.8. The van der Waals surface area contributed by atoms with Crippen molar-refractivity contribution in [2.45, 2.75) is 113 Å². The number of carbonyl (C=O) groups excluding carboxylic acids is 4. The number of sulfonamides is 1. The number of unbranched alkanes of at least 4 members (excludes halogenated alkanes) is 4. The van der Waals surface area contributed by atoms with Gasteiger partial charge in [0.1, 0.15) is 6.54 Å². The van der Waals surface area contributed by atoms with E-state index in [1.54, 1.807) is 48.6 Å². The molecule has 3 aliphatic heterocycles. The number of benzene rings is 2. The molecule has 0 atom stereocenters. The molecule has 73 heavy (non-hydrogen) atoms. The fraction of sp³-hybridized carbons (Fsp3) is 0.479. The number of imide groups is 1. The Labute approximate surface area is 427 Å². The van der Waals surface area contributed by atoms with Crippen LogP contribution in [0.5, 0.6) is 0 Å². The summed E-state index contributed by atoms with van der Waals surface area (Å²) >= 11 is 0. The molecule has 4 N–H and O–H groups in total. The van der Waals surface area contributed by atoms with Gasteiger partial charge in [0.15, 0.2) is 5.71 Å². The number of allylic oxidation sites excluding steroid dienone is 8. The second-order valence-electron chi connectivity index (χ2n) is 18.9. The Morgan fingerprint density at radius 3 is 1.99 bits per heavy atom. The number of rotatable bonds is 26. The van der Waals surface area contributed by atoms with Crippen LogP contribution in [0.25, 0.3) is 0 Å². The molecule has 400 valence electrons. The van der Waals surface area contributed by atoms with Crippen LogP contribution >= 0.6 is 0 Å². The van der Waals surface area contributed by atoms with Crippen molar-refractivity contribution in [3.8, 4) is 0 Å². The van der Waals surface area contributed by atoms with Crippen LogP contribution in [-0.4, -0.2) is 135 Å². The van der Waals surface area contributed by atoms with Gasteiger partial charge < -0.3 is 15.1 Å². The van der Waals surface area contributed by atoms with E-state index in [9.17, 15) is 66.5 Å². The zero-order valence-corrected chi connectivity index (χ0v) is 44.7. The van der Waals surface area contributed by atoms with E-state index in [1.165, 1.54) is 25.2 Å². The molecule has 0 saturated carbocycles. The first-order valence-electron chi connectivity index (χ1n) is 23.6. The van der Waals surface area contributed by atoms with E-state index in [0.29, 0.717) is 72.8 Å². The average molecular weight is 1100 g/mol. The van der Waals surface area contributed by atoms with Crippen molar-refractivity contribution >= 4 is 81.2 Å². The Kier molecular flexibility index (Phi) is 19.1. The predicted molar refractivity (Wildman–Crippen MR) is 271 cm³/mol. The van der Waals surface area contributed by atoms with Crippen LogP contribution in [0.2, 0.25) is 0 Å². The van der Waals surface area contributed by atoms with Gasteiger partial charge in [-0.1, -0.05) is 50.6 Å². The predicted octanol–water partition coefficient (Wildman–Crippen LogP) is 4.90. The summed E-state index contributed by atoms with van der Waals surface area (Å²) in [6.07, 6.45) is 15.0. The highest BCUT2D eigenvalue weighted by Gasteiger charge is 2.45. The van der Waals surface area contributed by atoms with E-state index in [-0.39, 0.29) is 48.4 Å². The maximum absolute atomic E-state index is 13.9. The van der Waals surface area contributed by atoms with Gasteiger partial charge in [-0.15, -0.1) is 5.06 Å². The number of amides is 3. The molecule has 21 nitrogen and oxygen atoms in total. The Balaban J connectivity index is 1.27. The van der Waals surface area contributed by atoms with Gasteiger partial charge in [0, 0.05) is 80.3 Å². The highest BCUT2D eigenvalue weighted by Crippen LogP contribution is 2.48. The Bertz CT molecular complexity index is 3070.